The van der Waals surface area contributed by atoms with E-state index in [1.807, 2.05) is 37.3 Å². The first-order valence-corrected chi connectivity index (χ1v) is 9.24. The van der Waals surface area contributed by atoms with Crippen molar-refractivity contribution in [3.05, 3.63) is 65.7 Å². The quantitative estimate of drug-likeness (QED) is 0.656. The Morgan fingerprint density at radius 1 is 1.04 bits per heavy atom. The van der Waals surface area contributed by atoms with Crippen LogP contribution in [0.25, 0.3) is 0 Å². The third-order valence-electron chi connectivity index (χ3n) is 5.93. The summed E-state index contributed by atoms with van der Waals surface area (Å²) in [5, 5.41) is 3.27. The SMILES string of the molecule is COC(=O)[C@@]1(C)N[C@@H](c2ccccc2C)[C@H]2C(=O)N(c3ccccc3)C(=O)[C@H]21. The molecule has 2 saturated heterocycles. The minimum Gasteiger partial charge on any atom is -0.468 e. The number of benzene rings is 2. The second kappa shape index (κ2) is 6.56. The number of carbonyl (C=O) groups is 3. The Balaban J connectivity index is 1.85. The fraction of sp³-hybridized carbons (Fsp3) is 0.318. The highest BCUT2D eigenvalue weighted by atomic mass is 16.5. The van der Waals surface area contributed by atoms with Gasteiger partial charge in [0.2, 0.25) is 11.8 Å². The molecule has 2 aromatic rings. The van der Waals surface area contributed by atoms with E-state index >= 15 is 0 Å². The minimum atomic E-state index is -1.29. The van der Waals surface area contributed by atoms with E-state index in [1.165, 1.54) is 12.0 Å². The van der Waals surface area contributed by atoms with Gasteiger partial charge in [-0.2, -0.15) is 0 Å². The standard InChI is InChI=1S/C22H22N2O4/c1-13-9-7-8-12-15(13)18-16-17(22(2,23-18)21(27)28-3)20(26)24(19(16)25)14-10-5-4-6-11-14/h4-12,16-18,23H,1-3H3/t16-,17-,18-,22-/m0/s1. The first-order valence-electron chi connectivity index (χ1n) is 9.24. The van der Waals surface area contributed by atoms with Crippen LogP contribution in [0.1, 0.15) is 24.1 Å². The van der Waals surface area contributed by atoms with Crippen LogP contribution in [0.15, 0.2) is 54.6 Å². The van der Waals surface area contributed by atoms with E-state index in [-0.39, 0.29) is 11.8 Å². The molecule has 2 fully saturated rings. The van der Waals surface area contributed by atoms with E-state index < -0.39 is 29.4 Å². The lowest BCUT2D eigenvalue weighted by Gasteiger charge is -2.29. The Bertz CT molecular complexity index is 958. The number of nitrogens with one attached hydrogen (secondary N) is 1. The van der Waals surface area contributed by atoms with E-state index in [9.17, 15) is 14.4 Å². The molecule has 1 N–H and O–H groups in total. The summed E-state index contributed by atoms with van der Waals surface area (Å²) in [5.41, 5.74) is 1.12. The van der Waals surface area contributed by atoms with E-state index in [1.54, 1.807) is 31.2 Å². The molecule has 0 radical (unpaired) electrons. The number of carbonyl (C=O) groups excluding carboxylic acids is 3. The van der Waals surface area contributed by atoms with Gasteiger partial charge in [-0.3, -0.25) is 19.7 Å². The van der Waals surface area contributed by atoms with Crippen molar-refractivity contribution in [2.24, 2.45) is 11.8 Å². The van der Waals surface area contributed by atoms with Gasteiger partial charge in [0, 0.05) is 6.04 Å². The lowest BCUT2D eigenvalue weighted by Crippen LogP contribution is -2.54. The van der Waals surface area contributed by atoms with Crippen molar-refractivity contribution in [2.45, 2.75) is 25.4 Å². The van der Waals surface area contributed by atoms with Gasteiger partial charge in [-0.25, -0.2) is 4.90 Å². The molecule has 144 valence electrons. The Kier molecular flexibility index (Phi) is 4.31. The van der Waals surface area contributed by atoms with Crippen molar-refractivity contribution in [3.63, 3.8) is 0 Å². The second-order valence-electron chi connectivity index (χ2n) is 7.52. The molecule has 0 aliphatic carbocycles. The molecular formula is C22H22N2O4. The zero-order chi connectivity index (χ0) is 20.1. The second-order valence-corrected chi connectivity index (χ2v) is 7.52. The Hall–Kier alpha value is -2.99. The average Bonchev–Trinajstić information content (AvgIpc) is 3.16. The van der Waals surface area contributed by atoms with E-state index in [2.05, 4.69) is 5.32 Å². The third kappa shape index (κ3) is 2.48. The Labute approximate surface area is 163 Å². The smallest absolute Gasteiger partial charge is 0.326 e. The molecule has 0 saturated carbocycles. The summed E-state index contributed by atoms with van der Waals surface area (Å²) in [5.74, 6) is -2.74. The van der Waals surface area contributed by atoms with Crippen molar-refractivity contribution in [1.82, 2.24) is 5.32 Å². The summed E-state index contributed by atoms with van der Waals surface area (Å²) in [6, 6.07) is 16.1. The number of imide groups is 1. The molecule has 0 spiro atoms. The number of methoxy groups -OCH3 is 1. The molecule has 2 aliphatic heterocycles. The summed E-state index contributed by atoms with van der Waals surface area (Å²) in [7, 11) is 1.29. The van der Waals surface area contributed by atoms with Crippen molar-refractivity contribution in [2.75, 3.05) is 12.0 Å². The molecule has 6 heteroatoms. The summed E-state index contributed by atoms with van der Waals surface area (Å²) < 4.78 is 5.00. The van der Waals surface area contributed by atoms with Gasteiger partial charge in [0.05, 0.1) is 24.6 Å². The van der Waals surface area contributed by atoms with Crippen LogP contribution in [0.2, 0.25) is 0 Å². The van der Waals surface area contributed by atoms with Crippen LogP contribution in [0.5, 0.6) is 0 Å². The molecule has 2 aromatic carbocycles. The molecule has 2 amide bonds. The molecular weight excluding hydrogens is 356 g/mol. The largest absolute Gasteiger partial charge is 0.468 e. The van der Waals surface area contributed by atoms with Gasteiger partial charge < -0.3 is 4.74 Å². The third-order valence-corrected chi connectivity index (χ3v) is 5.93. The number of anilines is 1. The van der Waals surface area contributed by atoms with E-state index in [4.69, 9.17) is 4.74 Å². The number of para-hydroxylation sites is 1. The molecule has 28 heavy (non-hydrogen) atoms. The Morgan fingerprint density at radius 2 is 1.68 bits per heavy atom. The van der Waals surface area contributed by atoms with Crippen molar-refractivity contribution < 1.29 is 19.1 Å². The van der Waals surface area contributed by atoms with Gasteiger partial charge in [0.25, 0.3) is 0 Å². The van der Waals surface area contributed by atoms with Crippen LogP contribution in [-0.4, -0.2) is 30.4 Å². The van der Waals surface area contributed by atoms with Crippen LogP contribution in [0.3, 0.4) is 0 Å². The maximum atomic E-state index is 13.4. The molecule has 0 unspecified atom stereocenters. The lowest BCUT2D eigenvalue weighted by molar-refractivity contribution is -0.151. The monoisotopic (exact) mass is 378 g/mol. The Morgan fingerprint density at radius 3 is 2.32 bits per heavy atom. The molecule has 2 heterocycles. The van der Waals surface area contributed by atoms with E-state index in [0.717, 1.165) is 11.1 Å². The van der Waals surface area contributed by atoms with Gasteiger partial charge in [0.15, 0.2) is 0 Å². The zero-order valence-electron chi connectivity index (χ0n) is 16.0. The van der Waals surface area contributed by atoms with Crippen molar-refractivity contribution in [3.8, 4) is 0 Å². The molecule has 2 aliphatic rings. The highest BCUT2D eigenvalue weighted by Crippen LogP contribution is 2.50. The highest BCUT2D eigenvalue weighted by molar-refractivity contribution is 6.24. The van der Waals surface area contributed by atoms with Crippen LogP contribution >= 0.6 is 0 Å². The number of fused-ring (bicyclic) bond motifs is 1. The normalized spacial score (nSPS) is 29.1. The summed E-state index contributed by atoms with van der Waals surface area (Å²) in [6.45, 7) is 3.60. The van der Waals surface area contributed by atoms with Crippen LogP contribution in [-0.2, 0) is 19.1 Å². The first kappa shape index (κ1) is 18.4. The van der Waals surface area contributed by atoms with Gasteiger partial charge >= 0.3 is 5.97 Å². The highest BCUT2D eigenvalue weighted by Gasteiger charge is 2.67. The van der Waals surface area contributed by atoms with E-state index in [0.29, 0.717) is 5.69 Å². The number of hydrogen-bond acceptors (Lipinski definition) is 5. The lowest BCUT2D eigenvalue weighted by atomic mass is 9.80. The van der Waals surface area contributed by atoms with Crippen molar-refractivity contribution in [1.29, 1.82) is 0 Å². The van der Waals surface area contributed by atoms with Crippen LogP contribution < -0.4 is 10.2 Å². The van der Waals surface area contributed by atoms with Crippen LogP contribution in [0.4, 0.5) is 5.69 Å². The molecule has 4 rings (SSSR count). The number of aryl methyl sites for hydroxylation is 1. The topological polar surface area (TPSA) is 75.7 Å². The molecule has 4 atom stereocenters. The molecule has 6 nitrogen and oxygen atoms in total. The predicted octanol–water partition coefficient (Wildman–Crippen LogP) is 2.38. The maximum Gasteiger partial charge on any atom is 0.326 e. The van der Waals surface area contributed by atoms with Crippen LogP contribution in [0, 0.1) is 18.8 Å². The summed E-state index contributed by atoms with van der Waals surface area (Å²) >= 11 is 0. The number of esters is 1. The zero-order valence-corrected chi connectivity index (χ0v) is 16.0. The minimum absolute atomic E-state index is 0.297. The fourth-order valence-corrected chi connectivity index (χ4v) is 4.57. The van der Waals surface area contributed by atoms with Gasteiger partial charge in [-0.1, -0.05) is 42.5 Å². The summed E-state index contributed by atoms with van der Waals surface area (Å²) in [6.07, 6.45) is 0. The molecule has 0 aromatic heterocycles. The predicted molar refractivity (Wildman–Crippen MR) is 103 cm³/mol. The summed E-state index contributed by atoms with van der Waals surface area (Å²) in [4.78, 5) is 40.6. The maximum absolute atomic E-state index is 13.4. The number of ether oxygens (including phenoxy) is 1. The number of amides is 2. The van der Waals surface area contributed by atoms with Gasteiger partial charge in [-0.05, 0) is 37.1 Å². The first-order chi connectivity index (χ1) is 13.4. The van der Waals surface area contributed by atoms with Gasteiger partial charge in [-0.15, -0.1) is 0 Å². The van der Waals surface area contributed by atoms with Gasteiger partial charge in [0.1, 0.15) is 5.54 Å². The van der Waals surface area contributed by atoms with Crippen molar-refractivity contribution >= 4 is 23.5 Å². The molecule has 0 bridgehead atoms. The number of hydrogen-bond donors (Lipinski definition) is 1. The number of rotatable bonds is 3. The number of nitrogens with zero attached hydrogens (tertiary/aromatic N) is 1. The fourth-order valence-electron chi connectivity index (χ4n) is 4.57. The average molecular weight is 378 g/mol.